The Morgan fingerprint density at radius 1 is 1.19 bits per heavy atom. The second kappa shape index (κ2) is 7.47. The molecule has 0 fully saturated rings. The highest BCUT2D eigenvalue weighted by molar-refractivity contribution is 9.09. The molecule has 5 nitrogen and oxygen atoms in total. The molecule has 1 aromatic carbocycles. The van der Waals surface area contributed by atoms with Gasteiger partial charge < -0.3 is 9.47 Å². The first kappa shape index (κ1) is 16.6. The molecule has 1 aliphatic heterocycles. The number of halogens is 1. The first-order valence-corrected chi connectivity index (χ1v) is 9.61. The van der Waals surface area contributed by atoms with Crippen molar-refractivity contribution in [1.82, 2.24) is 4.31 Å². The summed E-state index contributed by atoms with van der Waals surface area (Å²) in [6, 6.07) is 4.79. The van der Waals surface area contributed by atoms with Gasteiger partial charge in [0.25, 0.3) is 0 Å². The molecule has 0 atom stereocenters. The van der Waals surface area contributed by atoms with Crippen molar-refractivity contribution in [2.75, 3.05) is 31.6 Å². The summed E-state index contributed by atoms with van der Waals surface area (Å²) >= 11 is 3.32. The number of ether oxygens (including phenoxy) is 2. The summed E-state index contributed by atoms with van der Waals surface area (Å²) in [5.41, 5.74) is 0. The smallest absolute Gasteiger partial charge is 0.243 e. The molecule has 0 radical (unpaired) electrons. The van der Waals surface area contributed by atoms with Crippen LogP contribution in [0, 0.1) is 0 Å². The maximum atomic E-state index is 12.7. The zero-order chi connectivity index (χ0) is 15.3. The van der Waals surface area contributed by atoms with Crippen LogP contribution in [0.25, 0.3) is 0 Å². The van der Waals surface area contributed by atoms with Crippen LogP contribution in [-0.2, 0) is 10.0 Å². The van der Waals surface area contributed by atoms with Gasteiger partial charge in [0.1, 0.15) is 13.2 Å². The predicted molar refractivity (Wildman–Crippen MR) is 84.9 cm³/mol. The first-order valence-electron chi connectivity index (χ1n) is 7.05. The summed E-state index contributed by atoms with van der Waals surface area (Å²) in [5, 5.41) is 0.612. The summed E-state index contributed by atoms with van der Waals surface area (Å²) in [4.78, 5) is 0.254. The van der Waals surface area contributed by atoms with Crippen LogP contribution in [0.4, 0.5) is 0 Å². The molecule has 0 saturated carbocycles. The van der Waals surface area contributed by atoms with Crippen LogP contribution < -0.4 is 9.47 Å². The number of sulfonamides is 1. The van der Waals surface area contributed by atoms with E-state index in [2.05, 4.69) is 15.9 Å². The van der Waals surface area contributed by atoms with E-state index in [0.717, 1.165) is 12.8 Å². The molecule has 0 bridgehead atoms. The molecule has 0 spiro atoms. The number of hydrogen-bond donors (Lipinski definition) is 0. The number of fused-ring (bicyclic) bond motifs is 1. The van der Waals surface area contributed by atoms with E-state index < -0.39 is 10.0 Å². The lowest BCUT2D eigenvalue weighted by atomic mass is 10.3. The maximum Gasteiger partial charge on any atom is 0.243 e. The third-order valence-electron chi connectivity index (χ3n) is 3.25. The van der Waals surface area contributed by atoms with E-state index in [4.69, 9.17) is 9.47 Å². The molecule has 0 aromatic heterocycles. The third kappa shape index (κ3) is 3.90. The van der Waals surface area contributed by atoms with Gasteiger partial charge in [0.15, 0.2) is 11.5 Å². The lowest BCUT2D eigenvalue weighted by Crippen LogP contribution is -2.33. The predicted octanol–water partition coefficient (Wildman–Crippen LogP) is 2.64. The second-order valence-electron chi connectivity index (χ2n) is 4.75. The van der Waals surface area contributed by atoms with Crippen LogP contribution in [0.3, 0.4) is 0 Å². The normalized spacial score (nSPS) is 14.4. The first-order chi connectivity index (χ1) is 10.1. The van der Waals surface area contributed by atoms with Crippen molar-refractivity contribution in [2.45, 2.75) is 24.7 Å². The van der Waals surface area contributed by atoms with Crippen molar-refractivity contribution in [2.24, 2.45) is 0 Å². The minimum atomic E-state index is -3.50. The van der Waals surface area contributed by atoms with E-state index in [9.17, 15) is 8.42 Å². The van der Waals surface area contributed by atoms with Crippen LogP contribution in [-0.4, -0.2) is 44.4 Å². The average Bonchev–Trinajstić information content (AvgIpc) is 2.50. The quantitative estimate of drug-likeness (QED) is 0.685. The SMILES string of the molecule is CCCCN(CCBr)S(=O)(=O)c1ccc2c(c1)OCCO2. The molecule has 0 unspecified atom stereocenters. The Bertz CT molecular complexity index is 576. The van der Waals surface area contributed by atoms with Crippen molar-refractivity contribution >= 4 is 26.0 Å². The number of nitrogens with zero attached hydrogens (tertiary/aromatic N) is 1. The monoisotopic (exact) mass is 377 g/mol. The van der Waals surface area contributed by atoms with E-state index in [1.165, 1.54) is 4.31 Å². The van der Waals surface area contributed by atoms with Crippen molar-refractivity contribution in [3.05, 3.63) is 18.2 Å². The van der Waals surface area contributed by atoms with Gasteiger partial charge in [-0.25, -0.2) is 8.42 Å². The van der Waals surface area contributed by atoms with Crippen LogP contribution in [0.15, 0.2) is 23.1 Å². The second-order valence-corrected chi connectivity index (χ2v) is 7.48. The summed E-state index contributed by atoms with van der Waals surface area (Å²) < 4.78 is 37.8. The fourth-order valence-corrected chi connectivity index (χ4v) is 4.27. The molecule has 7 heteroatoms. The van der Waals surface area contributed by atoms with Crippen molar-refractivity contribution < 1.29 is 17.9 Å². The molecular weight excluding hydrogens is 358 g/mol. The average molecular weight is 378 g/mol. The molecule has 1 aromatic rings. The van der Waals surface area contributed by atoms with Gasteiger partial charge in [-0.1, -0.05) is 29.3 Å². The van der Waals surface area contributed by atoms with Gasteiger partial charge >= 0.3 is 0 Å². The molecule has 0 aliphatic carbocycles. The van der Waals surface area contributed by atoms with Gasteiger partial charge in [-0.3, -0.25) is 0 Å². The highest BCUT2D eigenvalue weighted by Gasteiger charge is 2.25. The topological polar surface area (TPSA) is 55.8 Å². The minimum Gasteiger partial charge on any atom is -0.486 e. The lowest BCUT2D eigenvalue weighted by molar-refractivity contribution is 0.171. The molecule has 21 heavy (non-hydrogen) atoms. The Morgan fingerprint density at radius 3 is 2.57 bits per heavy atom. The summed E-state index contributed by atoms with van der Waals surface area (Å²) in [5.74, 6) is 1.09. The fraction of sp³-hybridized carbons (Fsp3) is 0.571. The molecule has 1 heterocycles. The Kier molecular flexibility index (Phi) is 5.89. The van der Waals surface area contributed by atoms with Crippen LogP contribution >= 0.6 is 15.9 Å². The van der Waals surface area contributed by atoms with E-state index in [1.807, 2.05) is 6.92 Å². The molecule has 1 aliphatic rings. The van der Waals surface area contributed by atoms with E-state index in [-0.39, 0.29) is 4.90 Å². The standard InChI is InChI=1S/C14H20BrNO4S/c1-2-3-7-16(8-6-15)21(17,18)12-4-5-13-14(11-12)20-10-9-19-13/h4-5,11H,2-3,6-10H2,1H3. The number of unbranched alkanes of at least 4 members (excludes halogenated alkanes) is 1. The van der Waals surface area contributed by atoms with Gasteiger partial charge in [0.2, 0.25) is 10.0 Å². The lowest BCUT2D eigenvalue weighted by Gasteiger charge is -2.23. The molecule has 0 N–H and O–H groups in total. The third-order valence-corrected chi connectivity index (χ3v) is 5.50. The van der Waals surface area contributed by atoms with Crippen molar-refractivity contribution in [1.29, 1.82) is 0 Å². The van der Waals surface area contributed by atoms with Gasteiger partial charge in [-0.2, -0.15) is 4.31 Å². The summed E-state index contributed by atoms with van der Waals surface area (Å²) in [6.07, 6.45) is 1.80. The van der Waals surface area contributed by atoms with Crippen molar-refractivity contribution in [3.8, 4) is 11.5 Å². The summed E-state index contributed by atoms with van der Waals surface area (Å²) in [7, 11) is -3.50. The number of rotatable bonds is 7. The summed E-state index contributed by atoms with van der Waals surface area (Å²) in [6.45, 7) is 3.96. The Morgan fingerprint density at radius 2 is 1.90 bits per heavy atom. The van der Waals surface area contributed by atoms with Gasteiger partial charge in [0, 0.05) is 24.5 Å². The molecule has 2 rings (SSSR count). The molecular formula is C14H20BrNO4S. The van der Waals surface area contributed by atoms with Gasteiger partial charge in [-0.15, -0.1) is 0 Å². The zero-order valence-corrected chi connectivity index (χ0v) is 14.5. The Hall–Kier alpha value is -0.790. The Labute approximate surface area is 134 Å². The van der Waals surface area contributed by atoms with E-state index in [0.29, 0.717) is 43.1 Å². The molecule has 118 valence electrons. The highest BCUT2D eigenvalue weighted by atomic mass is 79.9. The minimum absolute atomic E-state index is 0.254. The van der Waals surface area contributed by atoms with Crippen LogP contribution in [0.1, 0.15) is 19.8 Å². The number of hydrogen-bond acceptors (Lipinski definition) is 4. The van der Waals surface area contributed by atoms with E-state index in [1.54, 1.807) is 18.2 Å². The van der Waals surface area contributed by atoms with E-state index >= 15 is 0 Å². The number of alkyl halides is 1. The van der Waals surface area contributed by atoms with Gasteiger partial charge in [0.05, 0.1) is 4.90 Å². The van der Waals surface area contributed by atoms with Gasteiger partial charge in [-0.05, 0) is 18.6 Å². The maximum absolute atomic E-state index is 12.7. The fourth-order valence-electron chi connectivity index (χ4n) is 2.11. The van der Waals surface area contributed by atoms with Crippen LogP contribution in [0.2, 0.25) is 0 Å². The largest absolute Gasteiger partial charge is 0.486 e. The molecule has 0 saturated heterocycles. The van der Waals surface area contributed by atoms with Crippen molar-refractivity contribution in [3.63, 3.8) is 0 Å². The van der Waals surface area contributed by atoms with Crippen LogP contribution in [0.5, 0.6) is 11.5 Å². The Balaban J connectivity index is 2.28. The zero-order valence-electron chi connectivity index (χ0n) is 12.0. The number of benzene rings is 1. The molecule has 0 amide bonds. The highest BCUT2D eigenvalue weighted by Crippen LogP contribution is 2.33.